The molecule has 49 heavy (non-hydrogen) atoms. The van der Waals surface area contributed by atoms with Crippen molar-refractivity contribution in [1.29, 1.82) is 0 Å². The Morgan fingerprint density at radius 1 is 0.878 bits per heavy atom. The molecular formula is C46H80F2O. The molecule has 1 aromatic carbocycles. The van der Waals surface area contributed by atoms with Crippen LogP contribution in [0.5, 0.6) is 0 Å². The lowest BCUT2D eigenvalue weighted by atomic mass is 9.69. The van der Waals surface area contributed by atoms with E-state index in [2.05, 4.69) is 86.8 Å². The van der Waals surface area contributed by atoms with Crippen LogP contribution in [0.1, 0.15) is 179 Å². The first-order valence-corrected chi connectivity index (χ1v) is 19.4. The molecule has 1 aromatic rings. The van der Waals surface area contributed by atoms with Crippen LogP contribution in [0, 0.1) is 18.3 Å². The Bertz CT molecular complexity index is 1070. The quantitative estimate of drug-likeness (QED) is 0.115. The third-order valence-electron chi connectivity index (χ3n) is 8.38. The Morgan fingerprint density at radius 2 is 1.37 bits per heavy atom. The molecule has 0 fully saturated rings. The third kappa shape index (κ3) is 25.1. The predicted octanol–water partition coefficient (Wildman–Crippen LogP) is 16.3. The number of hydrogen-bond donors (Lipinski definition) is 0. The molecule has 1 aliphatic carbocycles. The zero-order chi connectivity index (χ0) is 39.1. The monoisotopic (exact) mass is 687 g/mol. The van der Waals surface area contributed by atoms with Crippen molar-refractivity contribution in [2.45, 2.75) is 180 Å². The smallest absolute Gasteiger partial charge is 0.270 e. The molecule has 0 amide bonds. The van der Waals surface area contributed by atoms with Crippen LogP contribution < -0.4 is 0 Å². The summed E-state index contributed by atoms with van der Waals surface area (Å²) in [5, 5.41) is 0. The van der Waals surface area contributed by atoms with Crippen LogP contribution >= 0.6 is 0 Å². The van der Waals surface area contributed by atoms with Crippen LogP contribution in [0.15, 0.2) is 84.0 Å². The number of carbonyl (C=O) groups is 1. The van der Waals surface area contributed by atoms with Gasteiger partial charge in [-0.1, -0.05) is 174 Å². The van der Waals surface area contributed by atoms with Crippen molar-refractivity contribution >= 4 is 5.78 Å². The highest BCUT2D eigenvalue weighted by molar-refractivity contribution is 5.96. The number of Topliss-reactive ketones (excluding diaryl/α,β-unsaturated/α-hetero) is 1. The van der Waals surface area contributed by atoms with Crippen LogP contribution in [0.4, 0.5) is 8.78 Å². The number of aryl methyl sites for hydroxylation is 1. The molecule has 0 aliphatic heterocycles. The molecule has 2 rings (SSSR count). The molecule has 0 heterocycles. The predicted molar refractivity (Wildman–Crippen MR) is 220 cm³/mol. The van der Waals surface area contributed by atoms with E-state index < -0.39 is 5.92 Å². The van der Waals surface area contributed by atoms with E-state index >= 15 is 0 Å². The van der Waals surface area contributed by atoms with E-state index in [1.165, 1.54) is 62.7 Å². The molecule has 0 radical (unpaired) electrons. The third-order valence-corrected chi connectivity index (χ3v) is 8.38. The standard InChI is InChI=1S/C17H28O.C10H16.C9H10F2.2C4H10.C2H6/c1-8-11-17(10-3,12-9-2)16(15(7)18)14(6)13(4)5;1-3-9(2)10-7-5-4-6-8-10;1-7-4-3-5-8(6-7)9(2,10)11;2*1-3-4-2;1-2/h10H,3-4,8-9,11-12H2,1-2,5-7H3;5,7-9H,3-4,6H2,1-2H3;3-6H,1-2H3;2*3-4H2,1-2H3;1-2H3/b16-14-;;;;;. The number of allylic oxidation sites excluding steroid dienone is 8. The number of halogens is 2. The second kappa shape index (κ2) is 32.6. The van der Waals surface area contributed by atoms with E-state index in [0.29, 0.717) is 0 Å². The molecule has 1 unspecified atom stereocenters. The highest BCUT2D eigenvalue weighted by atomic mass is 19.3. The Kier molecular flexibility index (Phi) is 35.5. The van der Waals surface area contributed by atoms with Gasteiger partial charge in [0.1, 0.15) is 0 Å². The minimum absolute atomic E-state index is 0.0810. The summed E-state index contributed by atoms with van der Waals surface area (Å²) in [5.74, 6) is -1.81. The van der Waals surface area contributed by atoms with Crippen LogP contribution in [0.2, 0.25) is 0 Å². The molecule has 1 atom stereocenters. The van der Waals surface area contributed by atoms with Gasteiger partial charge < -0.3 is 0 Å². The zero-order valence-corrected chi connectivity index (χ0v) is 35.1. The van der Waals surface area contributed by atoms with Gasteiger partial charge in [0.25, 0.3) is 5.92 Å². The van der Waals surface area contributed by atoms with Crippen molar-refractivity contribution < 1.29 is 13.6 Å². The van der Waals surface area contributed by atoms with Gasteiger partial charge in [-0.2, -0.15) is 0 Å². The van der Waals surface area contributed by atoms with E-state index in [9.17, 15) is 13.6 Å². The molecule has 284 valence electrons. The fourth-order valence-corrected chi connectivity index (χ4v) is 4.93. The van der Waals surface area contributed by atoms with Crippen molar-refractivity contribution in [3.05, 3.63) is 95.1 Å². The summed E-state index contributed by atoms with van der Waals surface area (Å²) in [6.07, 6.45) is 22.0. The van der Waals surface area contributed by atoms with Gasteiger partial charge >= 0.3 is 0 Å². The summed E-state index contributed by atoms with van der Waals surface area (Å²) < 4.78 is 25.3. The van der Waals surface area contributed by atoms with Crippen molar-refractivity contribution in [2.24, 2.45) is 11.3 Å². The van der Waals surface area contributed by atoms with Gasteiger partial charge in [-0.05, 0) is 76.9 Å². The van der Waals surface area contributed by atoms with Crippen molar-refractivity contribution in [1.82, 2.24) is 0 Å². The van der Waals surface area contributed by atoms with Crippen LogP contribution in [0.25, 0.3) is 0 Å². The Labute approximate surface area is 305 Å². The van der Waals surface area contributed by atoms with Gasteiger partial charge in [0.05, 0.1) is 0 Å². The van der Waals surface area contributed by atoms with E-state index in [-0.39, 0.29) is 16.8 Å². The molecule has 0 saturated heterocycles. The summed E-state index contributed by atoms with van der Waals surface area (Å²) in [4.78, 5) is 12.1. The molecular weight excluding hydrogens is 607 g/mol. The van der Waals surface area contributed by atoms with Crippen molar-refractivity contribution in [2.75, 3.05) is 0 Å². The van der Waals surface area contributed by atoms with E-state index in [1.54, 1.807) is 26.0 Å². The van der Waals surface area contributed by atoms with Gasteiger partial charge in [0.15, 0.2) is 5.78 Å². The number of benzene rings is 1. The molecule has 1 nitrogen and oxygen atoms in total. The minimum Gasteiger partial charge on any atom is -0.295 e. The average molecular weight is 687 g/mol. The van der Waals surface area contributed by atoms with Crippen LogP contribution in [-0.2, 0) is 10.7 Å². The Hall–Kier alpha value is -2.55. The lowest BCUT2D eigenvalue weighted by molar-refractivity contribution is -0.114. The second-order valence-electron chi connectivity index (χ2n) is 12.9. The molecule has 3 heteroatoms. The summed E-state index contributed by atoms with van der Waals surface area (Å²) in [6, 6.07) is 6.38. The fraction of sp³-hybridized carbons (Fsp3) is 0.630. The van der Waals surface area contributed by atoms with Crippen molar-refractivity contribution in [3.8, 4) is 0 Å². The maximum Gasteiger partial charge on any atom is 0.270 e. The molecule has 0 N–H and O–H groups in total. The first kappa shape index (κ1) is 53.2. The van der Waals surface area contributed by atoms with E-state index in [1.807, 2.05) is 33.8 Å². The SMILES string of the molecule is C=CC(CCC)(CCC)/C(C(C)=O)=C(/C)C(=C)C.CC.CCC(C)C1=CCCC=C1.CCCC.CCCC.Cc1cccc(C(C)(F)F)c1. The first-order chi connectivity index (χ1) is 23.0. The van der Waals surface area contributed by atoms with Gasteiger partial charge in [0.2, 0.25) is 0 Å². The largest absolute Gasteiger partial charge is 0.295 e. The molecule has 1 aliphatic rings. The van der Waals surface area contributed by atoms with Crippen molar-refractivity contribution in [3.63, 3.8) is 0 Å². The molecule has 0 saturated carbocycles. The summed E-state index contributed by atoms with van der Waals surface area (Å²) in [7, 11) is 0. The lowest BCUT2D eigenvalue weighted by Crippen LogP contribution is -2.26. The van der Waals surface area contributed by atoms with Crippen LogP contribution in [-0.4, -0.2) is 5.78 Å². The normalized spacial score (nSPS) is 12.9. The highest BCUT2D eigenvalue weighted by Crippen LogP contribution is 2.42. The van der Waals surface area contributed by atoms with Crippen LogP contribution in [0.3, 0.4) is 0 Å². The Balaban J connectivity index is -0.000000281. The molecule has 0 bridgehead atoms. The summed E-state index contributed by atoms with van der Waals surface area (Å²) in [6.45, 7) is 37.9. The number of carbonyl (C=O) groups excluding carboxylic acids is 1. The minimum atomic E-state index is -2.72. The second-order valence-corrected chi connectivity index (χ2v) is 12.9. The van der Waals surface area contributed by atoms with Gasteiger partial charge in [-0.15, -0.1) is 6.58 Å². The number of rotatable bonds is 13. The zero-order valence-electron chi connectivity index (χ0n) is 35.1. The molecule has 0 aromatic heterocycles. The fourth-order valence-electron chi connectivity index (χ4n) is 4.93. The maximum atomic E-state index is 12.6. The molecule has 0 spiro atoms. The maximum absolute atomic E-state index is 12.6. The number of alkyl halides is 2. The van der Waals surface area contributed by atoms with E-state index in [4.69, 9.17) is 0 Å². The summed E-state index contributed by atoms with van der Waals surface area (Å²) in [5.41, 5.74) is 5.21. The topological polar surface area (TPSA) is 17.1 Å². The van der Waals surface area contributed by atoms with Gasteiger partial charge in [-0.25, -0.2) is 8.78 Å². The first-order valence-electron chi connectivity index (χ1n) is 19.4. The van der Waals surface area contributed by atoms with E-state index in [0.717, 1.165) is 60.8 Å². The lowest BCUT2D eigenvalue weighted by Gasteiger charge is -2.33. The average Bonchev–Trinajstić information content (AvgIpc) is 3.09. The Morgan fingerprint density at radius 3 is 1.63 bits per heavy atom. The number of hydrogen-bond acceptors (Lipinski definition) is 1. The number of unbranched alkanes of at least 4 members (excludes halogenated alkanes) is 2. The van der Waals surface area contributed by atoms with Gasteiger partial charge in [0, 0.05) is 23.5 Å². The number of ketones is 1. The highest BCUT2D eigenvalue weighted by Gasteiger charge is 2.33. The summed E-state index contributed by atoms with van der Waals surface area (Å²) >= 11 is 0. The van der Waals surface area contributed by atoms with Gasteiger partial charge in [-0.3, -0.25) is 4.79 Å².